The first kappa shape index (κ1) is 21.2. The van der Waals surface area contributed by atoms with Gasteiger partial charge in [-0.3, -0.25) is 9.69 Å². The van der Waals surface area contributed by atoms with Crippen molar-refractivity contribution in [2.45, 2.75) is 31.8 Å². The van der Waals surface area contributed by atoms with Crippen molar-refractivity contribution in [3.8, 4) is 5.69 Å². The lowest BCUT2D eigenvalue weighted by molar-refractivity contribution is -0.115. The zero-order chi connectivity index (χ0) is 22.5. The standard InChI is InChI=1S/C26H28N6O/c33-26(17-21-7-3-1-4-8-21)29-25-11-14-27-32(25)24-12-15-30(16-13-24)19-22-18-28-31(20-22)23-9-5-2-6-10-23/h1-11,14,18,20,24H,12-13,15-17,19H2,(H,29,33). The fourth-order valence-corrected chi connectivity index (χ4v) is 4.42. The van der Waals surface area contributed by atoms with Crippen LogP contribution in [-0.4, -0.2) is 43.5 Å². The molecule has 2 aromatic carbocycles. The molecular weight excluding hydrogens is 412 g/mol. The van der Waals surface area contributed by atoms with E-state index in [1.54, 1.807) is 6.20 Å². The molecule has 0 saturated carbocycles. The number of anilines is 1. The van der Waals surface area contributed by atoms with Gasteiger partial charge in [0.15, 0.2) is 0 Å². The van der Waals surface area contributed by atoms with Gasteiger partial charge in [-0.05, 0) is 30.5 Å². The molecule has 1 fully saturated rings. The van der Waals surface area contributed by atoms with Crippen molar-refractivity contribution in [2.24, 2.45) is 0 Å². The van der Waals surface area contributed by atoms with E-state index in [9.17, 15) is 4.79 Å². The van der Waals surface area contributed by atoms with E-state index in [0.717, 1.165) is 49.5 Å². The summed E-state index contributed by atoms with van der Waals surface area (Å²) in [5.74, 6) is 0.759. The molecule has 1 saturated heterocycles. The van der Waals surface area contributed by atoms with Crippen molar-refractivity contribution < 1.29 is 4.79 Å². The Morgan fingerprint density at radius 3 is 2.39 bits per heavy atom. The average Bonchev–Trinajstić information content (AvgIpc) is 3.51. The maximum atomic E-state index is 12.5. The summed E-state index contributed by atoms with van der Waals surface area (Å²) in [6.45, 7) is 2.86. The predicted octanol–water partition coefficient (Wildman–Crippen LogP) is 4.09. The summed E-state index contributed by atoms with van der Waals surface area (Å²) >= 11 is 0. The zero-order valence-electron chi connectivity index (χ0n) is 18.5. The highest BCUT2D eigenvalue weighted by molar-refractivity contribution is 5.91. The van der Waals surface area contributed by atoms with Gasteiger partial charge in [0.1, 0.15) is 5.82 Å². The number of benzene rings is 2. The molecule has 2 aromatic heterocycles. The molecule has 0 aliphatic carbocycles. The van der Waals surface area contributed by atoms with Crippen molar-refractivity contribution in [1.82, 2.24) is 24.5 Å². The van der Waals surface area contributed by atoms with Crippen LogP contribution in [0.1, 0.15) is 30.0 Å². The molecule has 0 spiro atoms. The van der Waals surface area contributed by atoms with E-state index in [1.165, 1.54) is 5.56 Å². The number of nitrogens with one attached hydrogen (secondary N) is 1. The van der Waals surface area contributed by atoms with Crippen LogP contribution < -0.4 is 5.32 Å². The van der Waals surface area contributed by atoms with Crippen LogP contribution in [0.4, 0.5) is 5.82 Å². The summed E-state index contributed by atoms with van der Waals surface area (Å²) in [7, 11) is 0. The molecule has 5 rings (SSSR count). The van der Waals surface area contributed by atoms with Crippen LogP contribution in [0.25, 0.3) is 5.69 Å². The van der Waals surface area contributed by atoms with E-state index in [0.29, 0.717) is 6.42 Å². The smallest absolute Gasteiger partial charge is 0.229 e. The molecule has 7 heteroatoms. The first-order valence-electron chi connectivity index (χ1n) is 11.4. The number of amides is 1. The Kier molecular flexibility index (Phi) is 6.30. The van der Waals surface area contributed by atoms with Crippen LogP contribution in [-0.2, 0) is 17.8 Å². The van der Waals surface area contributed by atoms with Gasteiger partial charge in [0.2, 0.25) is 5.91 Å². The first-order chi connectivity index (χ1) is 16.2. The predicted molar refractivity (Wildman–Crippen MR) is 128 cm³/mol. The Balaban J connectivity index is 1.15. The number of hydrogen-bond acceptors (Lipinski definition) is 4. The topological polar surface area (TPSA) is 68.0 Å². The number of rotatable bonds is 7. The molecule has 0 atom stereocenters. The quantitative estimate of drug-likeness (QED) is 0.470. The third-order valence-electron chi connectivity index (χ3n) is 6.11. The molecule has 3 heterocycles. The van der Waals surface area contributed by atoms with Crippen LogP contribution >= 0.6 is 0 Å². The van der Waals surface area contributed by atoms with Gasteiger partial charge >= 0.3 is 0 Å². The Morgan fingerprint density at radius 1 is 0.909 bits per heavy atom. The molecule has 1 aliphatic heterocycles. The van der Waals surface area contributed by atoms with Gasteiger partial charge in [-0.25, -0.2) is 9.36 Å². The van der Waals surface area contributed by atoms with Crippen molar-refractivity contribution in [1.29, 1.82) is 0 Å². The van der Waals surface area contributed by atoms with E-state index in [1.807, 2.05) is 70.2 Å². The third kappa shape index (κ3) is 5.21. The van der Waals surface area contributed by atoms with Gasteiger partial charge in [-0.1, -0.05) is 48.5 Å². The van der Waals surface area contributed by atoms with Gasteiger partial charge in [0, 0.05) is 37.5 Å². The summed E-state index contributed by atoms with van der Waals surface area (Å²) in [6.07, 6.45) is 8.18. The van der Waals surface area contributed by atoms with Crippen LogP contribution in [0.2, 0.25) is 0 Å². The highest BCUT2D eigenvalue weighted by atomic mass is 16.1. The largest absolute Gasteiger partial charge is 0.311 e. The molecule has 0 unspecified atom stereocenters. The molecule has 1 N–H and O–H groups in total. The summed E-state index contributed by atoms with van der Waals surface area (Å²) < 4.78 is 3.91. The number of piperidine rings is 1. The summed E-state index contributed by atoms with van der Waals surface area (Å²) in [6, 6.07) is 22.1. The summed E-state index contributed by atoms with van der Waals surface area (Å²) in [5.41, 5.74) is 3.29. The molecule has 0 radical (unpaired) electrons. The van der Waals surface area contributed by atoms with E-state index in [4.69, 9.17) is 0 Å². The normalized spacial score (nSPS) is 14.9. The number of nitrogens with zero attached hydrogens (tertiary/aromatic N) is 5. The van der Waals surface area contributed by atoms with Gasteiger partial charge in [-0.2, -0.15) is 10.2 Å². The summed E-state index contributed by atoms with van der Waals surface area (Å²) in [5, 5.41) is 12.1. The van der Waals surface area contributed by atoms with E-state index < -0.39 is 0 Å². The first-order valence-corrected chi connectivity index (χ1v) is 11.4. The second kappa shape index (κ2) is 9.83. The third-order valence-corrected chi connectivity index (χ3v) is 6.11. The molecule has 33 heavy (non-hydrogen) atoms. The number of carbonyl (C=O) groups excluding carboxylic acids is 1. The SMILES string of the molecule is O=C(Cc1ccccc1)Nc1ccnn1C1CCN(Cc2cnn(-c3ccccc3)c2)CC1. The highest BCUT2D eigenvalue weighted by Gasteiger charge is 2.23. The monoisotopic (exact) mass is 440 g/mol. The van der Waals surface area contributed by atoms with Gasteiger partial charge < -0.3 is 5.32 Å². The van der Waals surface area contributed by atoms with E-state index in [2.05, 4.69) is 38.7 Å². The van der Waals surface area contributed by atoms with Crippen LogP contribution in [0.15, 0.2) is 85.3 Å². The molecule has 7 nitrogen and oxygen atoms in total. The molecule has 1 amide bonds. The van der Waals surface area contributed by atoms with Crippen molar-refractivity contribution in [3.05, 3.63) is 96.4 Å². The molecular formula is C26H28N6O. The minimum absolute atomic E-state index is 0.0178. The maximum Gasteiger partial charge on any atom is 0.229 e. The minimum Gasteiger partial charge on any atom is -0.311 e. The lowest BCUT2D eigenvalue weighted by Gasteiger charge is -2.32. The minimum atomic E-state index is -0.0178. The fourth-order valence-electron chi connectivity index (χ4n) is 4.42. The Labute approximate surface area is 193 Å². The average molecular weight is 441 g/mol. The molecule has 1 aliphatic rings. The molecule has 168 valence electrons. The van der Waals surface area contributed by atoms with Gasteiger partial charge in [0.25, 0.3) is 0 Å². The maximum absolute atomic E-state index is 12.5. The van der Waals surface area contributed by atoms with Crippen LogP contribution in [0, 0.1) is 0 Å². The van der Waals surface area contributed by atoms with Crippen molar-refractivity contribution in [2.75, 3.05) is 18.4 Å². The molecule has 0 bridgehead atoms. The lowest BCUT2D eigenvalue weighted by Crippen LogP contribution is -2.35. The Bertz CT molecular complexity index is 1180. The van der Waals surface area contributed by atoms with Crippen LogP contribution in [0.3, 0.4) is 0 Å². The number of para-hydroxylation sites is 1. The number of hydrogen-bond donors (Lipinski definition) is 1. The van der Waals surface area contributed by atoms with Crippen LogP contribution in [0.5, 0.6) is 0 Å². The number of likely N-dealkylation sites (tertiary alicyclic amines) is 1. The zero-order valence-corrected chi connectivity index (χ0v) is 18.5. The fraction of sp³-hybridized carbons (Fsp3) is 0.269. The summed E-state index contributed by atoms with van der Waals surface area (Å²) in [4.78, 5) is 15.0. The second-order valence-electron chi connectivity index (χ2n) is 8.51. The Hall–Kier alpha value is -3.71. The van der Waals surface area contributed by atoms with E-state index in [-0.39, 0.29) is 11.9 Å². The highest BCUT2D eigenvalue weighted by Crippen LogP contribution is 2.26. The second-order valence-corrected chi connectivity index (χ2v) is 8.51. The van der Waals surface area contributed by atoms with Gasteiger partial charge in [-0.15, -0.1) is 0 Å². The van der Waals surface area contributed by atoms with Crippen molar-refractivity contribution >= 4 is 11.7 Å². The number of aromatic nitrogens is 4. The van der Waals surface area contributed by atoms with Crippen molar-refractivity contribution in [3.63, 3.8) is 0 Å². The Morgan fingerprint density at radius 2 is 1.64 bits per heavy atom. The number of carbonyl (C=O) groups is 1. The lowest BCUT2D eigenvalue weighted by atomic mass is 10.0. The molecule has 4 aromatic rings. The van der Waals surface area contributed by atoms with Gasteiger partial charge in [0.05, 0.1) is 30.5 Å². The van der Waals surface area contributed by atoms with E-state index >= 15 is 0 Å².